The predicted molar refractivity (Wildman–Crippen MR) is 69.6 cm³/mol. The number of anilines is 1. The molecule has 2 aliphatic rings. The maximum absolute atomic E-state index is 6.21. The topological polar surface area (TPSA) is 38.5 Å². The van der Waals surface area contributed by atoms with Crippen LogP contribution in [0.2, 0.25) is 0 Å². The molecule has 1 aromatic carbocycles. The van der Waals surface area contributed by atoms with Gasteiger partial charge in [0.25, 0.3) is 0 Å². The molecule has 2 aliphatic heterocycles. The van der Waals surface area contributed by atoms with Crippen molar-refractivity contribution in [3.05, 3.63) is 23.3 Å². The molecule has 0 radical (unpaired) electrons. The highest BCUT2D eigenvalue weighted by molar-refractivity contribution is 5.68. The molecule has 0 saturated heterocycles. The Labute approximate surface area is 103 Å². The smallest absolute Gasteiger partial charge is 0.124 e. The molecule has 0 bridgehead atoms. The summed E-state index contributed by atoms with van der Waals surface area (Å²) >= 11 is 0. The minimum Gasteiger partial charge on any atom is -0.493 e. The maximum Gasteiger partial charge on any atom is 0.124 e. The number of hydrogen-bond acceptors (Lipinski definition) is 3. The van der Waals surface area contributed by atoms with Crippen LogP contribution in [0.5, 0.6) is 5.75 Å². The third-order valence-electron chi connectivity index (χ3n) is 3.88. The molecule has 0 spiro atoms. The fourth-order valence-electron chi connectivity index (χ4n) is 2.94. The molecule has 3 rings (SSSR count). The Hall–Kier alpha value is -1.22. The van der Waals surface area contributed by atoms with Gasteiger partial charge in [-0.1, -0.05) is 13.0 Å². The quantitative estimate of drug-likeness (QED) is 0.848. The van der Waals surface area contributed by atoms with Gasteiger partial charge in [0.05, 0.1) is 12.8 Å². The second-order valence-electron chi connectivity index (χ2n) is 4.92. The van der Waals surface area contributed by atoms with Gasteiger partial charge >= 0.3 is 0 Å². The van der Waals surface area contributed by atoms with Crippen molar-refractivity contribution in [2.24, 2.45) is 5.73 Å². The maximum atomic E-state index is 6.21. The van der Waals surface area contributed by atoms with E-state index in [1.165, 1.54) is 16.8 Å². The van der Waals surface area contributed by atoms with Crippen molar-refractivity contribution in [3.8, 4) is 5.75 Å². The number of rotatable bonds is 2. The van der Waals surface area contributed by atoms with E-state index >= 15 is 0 Å². The van der Waals surface area contributed by atoms with Crippen molar-refractivity contribution in [2.45, 2.75) is 38.8 Å². The molecule has 0 fully saturated rings. The van der Waals surface area contributed by atoms with Crippen LogP contribution in [0.25, 0.3) is 0 Å². The largest absolute Gasteiger partial charge is 0.493 e. The van der Waals surface area contributed by atoms with Crippen LogP contribution in [0.4, 0.5) is 5.69 Å². The summed E-state index contributed by atoms with van der Waals surface area (Å²) in [7, 11) is 0. The molecule has 17 heavy (non-hydrogen) atoms. The van der Waals surface area contributed by atoms with Gasteiger partial charge in [-0.25, -0.2) is 0 Å². The highest BCUT2D eigenvalue weighted by Gasteiger charge is 2.28. The van der Waals surface area contributed by atoms with Gasteiger partial charge in [0.2, 0.25) is 0 Å². The summed E-state index contributed by atoms with van der Waals surface area (Å²) in [6, 6.07) is 4.34. The molecular formula is C14H20N2O. The molecule has 92 valence electrons. The Bertz CT molecular complexity index is 430. The number of benzene rings is 1. The lowest BCUT2D eigenvalue weighted by Gasteiger charge is -2.30. The zero-order valence-corrected chi connectivity index (χ0v) is 10.4. The van der Waals surface area contributed by atoms with Crippen molar-refractivity contribution in [1.29, 1.82) is 0 Å². The third-order valence-corrected chi connectivity index (χ3v) is 3.88. The second-order valence-corrected chi connectivity index (χ2v) is 4.92. The second kappa shape index (κ2) is 4.22. The van der Waals surface area contributed by atoms with E-state index in [2.05, 4.69) is 24.0 Å². The Balaban J connectivity index is 2.06. The molecule has 1 atom stereocenters. The van der Waals surface area contributed by atoms with Crippen LogP contribution in [0.3, 0.4) is 0 Å². The number of hydrogen-bond donors (Lipinski definition) is 1. The van der Waals surface area contributed by atoms with Gasteiger partial charge in [-0.15, -0.1) is 0 Å². The highest BCUT2D eigenvalue weighted by Crippen LogP contribution is 2.40. The van der Waals surface area contributed by atoms with Crippen LogP contribution in [-0.4, -0.2) is 19.3 Å². The van der Waals surface area contributed by atoms with E-state index in [9.17, 15) is 0 Å². The zero-order chi connectivity index (χ0) is 11.8. The van der Waals surface area contributed by atoms with E-state index in [1.54, 1.807) is 0 Å². The van der Waals surface area contributed by atoms with Gasteiger partial charge in [0, 0.05) is 17.8 Å². The van der Waals surface area contributed by atoms with Gasteiger partial charge in [-0.3, -0.25) is 0 Å². The highest BCUT2D eigenvalue weighted by atomic mass is 16.5. The van der Waals surface area contributed by atoms with Crippen LogP contribution >= 0.6 is 0 Å². The Morgan fingerprint density at radius 1 is 1.41 bits per heavy atom. The normalized spacial score (nSPS) is 19.5. The average molecular weight is 232 g/mol. The summed E-state index contributed by atoms with van der Waals surface area (Å²) in [5.41, 5.74) is 10.4. The van der Waals surface area contributed by atoms with Gasteiger partial charge in [0.1, 0.15) is 5.75 Å². The van der Waals surface area contributed by atoms with E-state index < -0.39 is 0 Å². The molecule has 2 N–H and O–H groups in total. The molecule has 0 unspecified atom stereocenters. The van der Waals surface area contributed by atoms with Gasteiger partial charge in [-0.05, 0) is 37.3 Å². The van der Waals surface area contributed by atoms with Crippen molar-refractivity contribution in [1.82, 2.24) is 0 Å². The van der Waals surface area contributed by atoms with Crippen LogP contribution in [-0.2, 0) is 12.8 Å². The first-order valence-corrected chi connectivity index (χ1v) is 6.61. The van der Waals surface area contributed by atoms with Gasteiger partial charge in [-0.2, -0.15) is 0 Å². The molecule has 0 aromatic heterocycles. The molecule has 0 saturated carbocycles. The minimum absolute atomic E-state index is 0.143. The summed E-state index contributed by atoms with van der Waals surface area (Å²) in [5.74, 6) is 1.07. The molecule has 0 aliphatic carbocycles. The van der Waals surface area contributed by atoms with Crippen molar-refractivity contribution in [2.75, 3.05) is 18.1 Å². The first-order chi connectivity index (χ1) is 8.31. The number of nitrogens with zero attached hydrogens (tertiary/aromatic N) is 1. The molecule has 3 nitrogen and oxygen atoms in total. The van der Waals surface area contributed by atoms with Crippen LogP contribution in [0.15, 0.2) is 12.1 Å². The van der Waals surface area contributed by atoms with Gasteiger partial charge in [0.15, 0.2) is 0 Å². The lowest BCUT2D eigenvalue weighted by atomic mass is 10.00. The fourth-order valence-corrected chi connectivity index (χ4v) is 2.94. The van der Waals surface area contributed by atoms with Gasteiger partial charge < -0.3 is 15.4 Å². The summed E-state index contributed by atoms with van der Waals surface area (Å²) in [6.07, 6.45) is 4.51. The van der Waals surface area contributed by atoms with Crippen molar-refractivity contribution >= 4 is 5.69 Å². The molecular weight excluding hydrogens is 212 g/mol. The predicted octanol–water partition coefficient (Wildman–Crippen LogP) is 2.07. The van der Waals surface area contributed by atoms with E-state index in [0.717, 1.165) is 44.6 Å². The standard InChI is InChI=1S/C14H20N2O/c1-2-13(15)16-8-7-10-5-6-12-11(14(10)16)4-3-9-17-12/h5-6,13H,2-4,7-9,15H2,1H3/t13-/m0/s1. The Morgan fingerprint density at radius 2 is 2.29 bits per heavy atom. The first kappa shape index (κ1) is 10.9. The lowest BCUT2D eigenvalue weighted by Crippen LogP contribution is -2.41. The number of ether oxygens (including phenoxy) is 1. The van der Waals surface area contributed by atoms with E-state index in [4.69, 9.17) is 10.5 Å². The fraction of sp³-hybridized carbons (Fsp3) is 0.571. The first-order valence-electron chi connectivity index (χ1n) is 6.61. The summed E-state index contributed by atoms with van der Waals surface area (Å²) in [6.45, 7) is 4.06. The van der Waals surface area contributed by atoms with Crippen molar-refractivity contribution in [3.63, 3.8) is 0 Å². The molecule has 3 heteroatoms. The molecule has 2 heterocycles. The summed E-state index contributed by atoms with van der Waals surface area (Å²) in [5, 5.41) is 0. The molecule has 0 amide bonds. The van der Waals surface area contributed by atoms with E-state index in [-0.39, 0.29) is 6.17 Å². The van der Waals surface area contributed by atoms with E-state index in [0.29, 0.717) is 0 Å². The van der Waals surface area contributed by atoms with Crippen LogP contribution in [0.1, 0.15) is 30.9 Å². The third kappa shape index (κ3) is 1.69. The van der Waals surface area contributed by atoms with Crippen LogP contribution in [0, 0.1) is 0 Å². The minimum atomic E-state index is 0.143. The SMILES string of the molecule is CC[C@@H](N)N1CCc2ccc3c(c21)CCCO3. The average Bonchev–Trinajstić information content (AvgIpc) is 2.82. The summed E-state index contributed by atoms with van der Waals surface area (Å²) in [4.78, 5) is 2.36. The van der Waals surface area contributed by atoms with E-state index in [1.807, 2.05) is 0 Å². The summed E-state index contributed by atoms with van der Waals surface area (Å²) < 4.78 is 5.74. The number of nitrogens with two attached hydrogens (primary N) is 1. The van der Waals surface area contributed by atoms with Crippen LogP contribution < -0.4 is 15.4 Å². The Kier molecular flexibility index (Phi) is 2.71. The monoisotopic (exact) mass is 232 g/mol. The number of fused-ring (bicyclic) bond motifs is 3. The Morgan fingerprint density at radius 3 is 3.12 bits per heavy atom. The molecule has 1 aromatic rings. The van der Waals surface area contributed by atoms with Crippen molar-refractivity contribution < 1.29 is 4.74 Å². The lowest BCUT2D eigenvalue weighted by molar-refractivity contribution is 0.288. The zero-order valence-electron chi connectivity index (χ0n) is 10.4.